The number of amides is 2. The maximum atomic E-state index is 12.3. The van der Waals surface area contributed by atoms with E-state index in [1.165, 1.54) is 11.3 Å². The molecule has 12 heteroatoms. The van der Waals surface area contributed by atoms with Gasteiger partial charge in [-0.25, -0.2) is 20.1 Å². The van der Waals surface area contributed by atoms with Crippen molar-refractivity contribution in [1.82, 2.24) is 20.6 Å². The Kier molecular flexibility index (Phi) is 7.60. The highest BCUT2D eigenvalue weighted by atomic mass is 32.1. The van der Waals surface area contributed by atoms with Crippen molar-refractivity contribution in [3.05, 3.63) is 63.7 Å². The monoisotopic (exact) mass is 473 g/mol. The van der Waals surface area contributed by atoms with E-state index in [0.29, 0.717) is 24.4 Å². The molecule has 33 heavy (non-hydrogen) atoms. The van der Waals surface area contributed by atoms with Gasteiger partial charge in [0.1, 0.15) is 0 Å². The first-order chi connectivity index (χ1) is 16.1. The number of nitrogens with zero attached hydrogens (tertiary/aromatic N) is 3. The van der Waals surface area contributed by atoms with Gasteiger partial charge in [0, 0.05) is 36.8 Å². The zero-order valence-electron chi connectivity index (χ0n) is 17.6. The molecule has 4 rings (SSSR count). The van der Waals surface area contributed by atoms with Crippen molar-refractivity contribution in [2.75, 3.05) is 6.61 Å². The SMILES string of the molecule is NC(=O)OC(Cc1cscn1)c1nc(Cc2ccc(C(=O)NOC3CCCCO3)cc2)no1. The predicted molar refractivity (Wildman–Crippen MR) is 115 cm³/mol. The lowest BCUT2D eigenvalue weighted by Gasteiger charge is -2.22. The molecule has 0 saturated carbocycles. The molecule has 3 N–H and O–H groups in total. The Bertz CT molecular complexity index is 1050. The Labute approximate surface area is 193 Å². The van der Waals surface area contributed by atoms with Crippen molar-refractivity contribution in [2.24, 2.45) is 5.73 Å². The van der Waals surface area contributed by atoms with Crippen LogP contribution in [0.1, 0.15) is 58.7 Å². The second-order valence-corrected chi connectivity index (χ2v) is 8.10. The Balaban J connectivity index is 1.34. The Hall–Kier alpha value is -3.35. The number of thiazole rings is 1. The molecule has 1 saturated heterocycles. The average molecular weight is 474 g/mol. The van der Waals surface area contributed by atoms with Crippen molar-refractivity contribution in [1.29, 1.82) is 0 Å². The number of ether oxygens (including phenoxy) is 2. The third kappa shape index (κ3) is 6.57. The molecular weight excluding hydrogens is 450 g/mol. The number of hydroxylamine groups is 1. The lowest BCUT2D eigenvalue weighted by molar-refractivity contribution is -0.186. The van der Waals surface area contributed by atoms with Gasteiger partial charge in [0.15, 0.2) is 18.2 Å². The third-order valence-corrected chi connectivity index (χ3v) is 5.53. The molecule has 1 fully saturated rings. The Morgan fingerprint density at radius 3 is 2.82 bits per heavy atom. The first-order valence-corrected chi connectivity index (χ1v) is 11.3. The lowest BCUT2D eigenvalue weighted by atomic mass is 10.1. The number of benzene rings is 1. The van der Waals surface area contributed by atoms with Crippen LogP contribution in [0.5, 0.6) is 0 Å². The van der Waals surface area contributed by atoms with E-state index >= 15 is 0 Å². The zero-order chi connectivity index (χ0) is 23.0. The molecule has 2 atom stereocenters. The van der Waals surface area contributed by atoms with Crippen LogP contribution in [0.2, 0.25) is 0 Å². The normalized spacial score (nSPS) is 16.8. The average Bonchev–Trinajstić information content (AvgIpc) is 3.50. The van der Waals surface area contributed by atoms with E-state index < -0.39 is 18.5 Å². The number of rotatable bonds is 9. The van der Waals surface area contributed by atoms with Gasteiger partial charge in [-0.1, -0.05) is 17.3 Å². The van der Waals surface area contributed by atoms with Crippen LogP contribution in [-0.2, 0) is 27.2 Å². The first-order valence-electron chi connectivity index (χ1n) is 10.4. The van der Waals surface area contributed by atoms with Crippen LogP contribution in [0.15, 0.2) is 39.7 Å². The van der Waals surface area contributed by atoms with Gasteiger partial charge in [-0.3, -0.25) is 4.79 Å². The van der Waals surface area contributed by atoms with Gasteiger partial charge in [-0.05, 0) is 30.5 Å². The van der Waals surface area contributed by atoms with Gasteiger partial charge in [0.25, 0.3) is 11.8 Å². The van der Waals surface area contributed by atoms with Crippen LogP contribution < -0.4 is 11.2 Å². The van der Waals surface area contributed by atoms with Crippen molar-refractivity contribution >= 4 is 23.3 Å². The van der Waals surface area contributed by atoms with Crippen LogP contribution in [-0.4, -0.2) is 40.0 Å². The molecule has 174 valence electrons. The highest BCUT2D eigenvalue weighted by Crippen LogP contribution is 2.22. The molecule has 2 amide bonds. The summed E-state index contributed by atoms with van der Waals surface area (Å²) >= 11 is 1.42. The Morgan fingerprint density at radius 2 is 2.12 bits per heavy atom. The summed E-state index contributed by atoms with van der Waals surface area (Å²) in [4.78, 5) is 37.4. The van der Waals surface area contributed by atoms with Crippen LogP contribution in [0.3, 0.4) is 0 Å². The van der Waals surface area contributed by atoms with Crippen molar-refractivity contribution in [3.63, 3.8) is 0 Å². The maximum absolute atomic E-state index is 12.3. The number of carbonyl (C=O) groups excluding carboxylic acids is 2. The second-order valence-electron chi connectivity index (χ2n) is 7.38. The van der Waals surface area contributed by atoms with Crippen molar-refractivity contribution in [2.45, 2.75) is 44.5 Å². The zero-order valence-corrected chi connectivity index (χ0v) is 18.5. The second kappa shape index (κ2) is 11.0. The summed E-state index contributed by atoms with van der Waals surface area (Å²) in [5.74, 6) is 0.178. The number of hydrogen-bond acceptors (Lipinski definition) is 10. The summed E-state index contributed by atoms with van der Waals surface area (Å²) in [5, 5.41) is 5.79. The molecule has 0 radical (unpaired) electrons. The highest BCUT2D eigenvalue weighted by Gasteiger charge is 2.24. The van der Waals surface area contributed by atoms with E-state index in [-0.39, 0.29) is 18.2 Å². The highest BCUT2D eigenvalue weighted by molar-refractivity contribution is 7.07. The molecule has 0 spiro atoms. The van der Waals surface area contributed by atoms with Crippen molar-refractivity contribution in [3.8, 4) is 0 Å². The number of carbonyl (C=O) groups is 2. The lowest BCUT2D eigenvalue weighted by Crippen LogP contribution is -2.33. The number of hydrogen-bond donors (Lipinski definition) is 2. The van der Waals surface area contributed by atoms with E-state index in [4.69, 9.17) is 24.6 Å². The van der Waals surface area contributed by atoms with Crippen molar-refractivity contribution < 1.29 is 28.4 Å². The van der Waals surface area contributed by atoms with Crippen LogP contribution in [0.4, 0.5) is 4.79 Å². The minimum absolute atomic E-state index is 0.134. The molecule has 3 heterocycles. The third-order valence-electron chi connectivity index (χ3n) is 4.89. The predicted octanol–water partition coefficient (Wildman–Crippen LogP) is 2.68. The van der Waals surface area contributed by atoms with E-state index in [1.54, 1.807) is 29.8 Å². The fourth-order valence-electron chi connectivity index (χ4n) is 3.26. The maximum Gasteiger partial charge on any atom is 0.405 e. The molecule has 0 bridgehead atoms. The topological polar surface area (TPSA) is 152 Å². The van der Waals surface area contributed by atoms with E-state index in [0.717, 1.165) is 30.5 Å². The van der Waals surface area contributed by atoms with E-state index in [1.807, 2.05) is 5.38 Å². The van der Waals surface area contributed by atoms with Gasteiger partial charge < -0.3 is 19.7 Å². The molecule has 2 unspecified atom stereocenters. The summed E-state index contributed by atoms with van der Waals surface area (Å²) < 4.78 is 15.8. The van der Waals surface area contributed by atoms with Gasteiger partial charge >= 0.3 is 6.09 Å². The summed E-state index contributed by atoms with van der Waals surface area (Å²) in [6.07, 6.45) is 1.21. The Morgan fingerprint density at radius 1 is 1.27 bits per heavy atom. The number of primary amides is 1. The van der Waals surface area contributed by atoms with Crippen LogP contribution in [0.25, 0.3) is 0 Å². The summed E-state index contributed by atoms with van der Waals surface area (Å²) in [6, 6.07) is 6.93. The van der Waals surface area contributed by atoms with Crippen LogP contribution in [0, 0.1) is 0 Å². The van der Waals surface area contributed by atoms with Crippen LogP contribution >= 0.6 is 11.3 Å². The summed E-state index contributed by atoms with van der Waals surface area (Å²) in [5.41, 5.74) is 11.3. The molecule has 1 aliphatic heterocycles. The largest absolute Gasteiger partial charge is 0.436 e. The van der Waals surface area contributed by atoms with Gasteiger partial charge in [-0.2, -0.15) is 4.98 Å². The number of nitrogens with one attached hydrogen (secondary N) is 1. The molecule has 3 aromatic rings. The summed E-state index contributed by atoms with van der Waals surface area (Å²) in [6.45, 7) is 0.632. The standard InChI is InChI=1S/C21H23N5O6S/c22-21(28)30-16(10-15-11-33-12-23-15)20-24-17(25-32-20)9-13-4-6-14(7-5-13)19(27)26-31-18-3-1-2-8-29-18/h4-7,11-12,16,18H,1-3,8-10H2,(H2,22,28)(H,26,27). The minimum atomic E-state index is -0.942. The number of nitrogens with two attached hydrogens (primary N) is 1. The smallest absolute Gasteiger partial charge is 0.405 e. The molecule has 1 aromatic carbocycles. The molecular formula is C21H23N5O6S. The van der Waals surface area contributed by atoms with E-state index in [2.05, 4.69) is 20.6 Å². The molecule has 0 aliphatic carbocycles. The quantitative estimate of drug-likeness (QED) is 0.447. The van der Waals surface area contributed by atoms with Gasteiger partial charge in [-0.15, -0.1) is 11.3 Å². The minimum Gasteiger partial charge on any atom is -0.436 e. The van der Waals surface area contributed by atoms with Gasteiger partial charge in [0.2, 0.25) is 0 Å². The summed E-state index contributed by atoms with van der Waals surface area (Å²) in [7, 11) is 0. The van der Waals surface area contributed by atoms with Gasteiger partial charge in [0.05, 0.1) is 11.2 Å². The van der Waals surface area contributed by atoms with E-state index in [9.17, 15) is 9.59 Å². The first kappa shape index (κ1) is 22.8. The fraction of sp³-hybridized carbons (Fsp3) is 0.381. The molecule has 1 aliphatic rings. The fourth-order valence-corrected chi connectivity index (χ4v) is 3.83. The number of aromatic nitrogens is 3. The molecule has 11 nitrogen and oxygen atoms in total. The molecule has 2 aromatic heterocycles.